The summed E-state index contributed by atoms with van der Waals surface area (Å²) in [4.78, 5) is 25.4. The summed E-state index contributed by atoms with van der Waals surface area (Å²) < 4.78 is 11.4. The molecule has 1 saturated carbocycles. The van der Waals surface area contributed by atoms with Crippen LogP contribution in [0.1, 0.15) is 44.1 Å². The Morgan fingerprint density at radius 1 is 1.11 bits per heavy atom. The maximum atomic E-state index is 12.5. The molecule has 28 heavy (non-hydrogen) atoms. The second kappa shape index (κ2) is 9.78. The van der Waals surface area contributed by atoms with Gasteiger partial charge in [0.1, 0.15) is 5.75 Å². The van der Waals surface area contributed by atoms with E-state index in [2.05, 4.69) is 5.32 Å². The van der Waals surface area contributed by atoms with Gasteiger partial charge in [-0.05, 0) is 44.6 Å². The lowest BCUT2D eigenvalue weighted by Crippen LogP contribution is -2.49. The lowest BCUT2D eigenvalue weighted by molar-refractivity contribution is -0.142. The molecular weight excluding hydrogens is 360 g/mol. The highest BCUT2D eigenvalue weighted by Crippen LogP contribution is 2.25. The number of para-hydroxylation sites is 1. The maximum Gasteiger partial charge on any atom is 0.317 e. The van der Waals surface area contributed by atoms with Gasteiger partial charge in [0.2, 0.25) is 0 Å². The van der Waals surface area contributed by atoms with E-state index in [0.29, 0.717) is 32.5 Å². The van der Waals surface area contributed by atoms with Crippen LogP contribution in [0.3, 0.4) is 0 Å². The number of ether oxygens (including phenoxy) is 2. The van der Waals surface area contributed by atoms with E-state index in [1.807, 2.05) is 29.2 Å². The second-order valence-corrected chi connectivity index (χ2v) is 7.65. The molecule has 3 rings (SSSR count). The van der Waals surface area contributed by atoms with E-state index < -0.39 is 5.97 Å². The number of hydrogen-bond donors (Lipinski definition) is 2. The standard InChI is InChI=1S/C21H30N2O5/c1-27-19-5-3-2-4-16(19)14-28-18-10-12-23(13-11-18)21(26)22-17-8-6-15(7-9-17)20(24)25/h2-5,15,17-18H,6-14H2,1H3,(H,22,26)(H,24,25). The van der Waals surface area contributed by atoms with Crippen LogP contribution < -0.4 is 10.1 Å². The monoisotopic (exact) mass is 390 g/mol. The minimum atomic E-state index is -0.722. The third kappa shape index (κ3) is 5.38. The smallest absolute Gasteiger partial charge is 0.317 e. The van der Waals surface area contributed by atoms with Gasteiger partial charge in [-0.3, -0.25) is 4.79 Å². The van der Waals surface area contributed by atoms with Crippen LogP contribution in [0, 0.1) is 5.92 Å². The molecule has 1 aromatic rings. The Bertz CT molecular complexity index is 665. The van der Waals surface area contributed by atoms with Gasteiger partial charge in [-0.1, -0.05) is 18.2 Å². The fourth-order valence-electron chi connectivity index (χ4n) is 4.01. The summed E-state index contributed by atoms with van der Waals surface area (Å²) in [7, 11) is 1.66. The molecule has 1 aliphatic heterocycles. The first-order valence-electron chi connectivity index (χ1n) is 10.1. The van der Waals surface area contributed by atoms with Gasteiger partial charge in [-0.15, -0.1) is 0 Å². The topological polar surface area (TPSA) is 88.1 Å². The third-order valence-electron chi connectivity index (χ3n) is 5.80. The number of urea groups is 1. The first kappa shape index (κ1) is 20.5. The average molecular weight is 390 g/mol. The Morgan fingerprint density at radius 2 is 1.79 bits per heavy atom. The molecule has 0 atom stereocenters. The SMILES string of the molecule is COc1ccccc1COC1CCN(C(=O)NC2CCC(C(=O)O)CC2)CC1. The van der Waals surface area contributed by atoms with E-state index in [-0.39, 0.29) is 24.1 Å². The number of carbonyl (C=O) groups excluding carboxylic acids is 1. The summed E-state index contributed by atoms with van der Waals surface area (Å²) in [6, 6.07) is 7.88. The highest BCUT2D eigenvalue weighted by atomic mass is 16.5. The molecule has 1 aliphatic carbocycles. The number of methoxy groups -OCH3 is 1. The van der Waals surface area contributed by atoms with Crippen molar-refractivity contribution in [2.75, 3.05) is 20.2 Å². The zero-order chi connectivity index (χ0) is 19.9. The van der Waals surface area contributed by atoms with Crippen LogP contribution >= 0.6 is 0 Å². The summed E-state index contributed by atoms with van der Waals surface area (Å²) in [6.45, 7) is 1.85. The van der Waals surface area contributed by atoms with Crippen molar-refractivity contribution in [3.8, 4) is 5.75 Å². The molecule has 2 fully saturated rings. The van der Waals surface area contributed by atoms with Crippen LogP contribution in [-0.4, -0.2) is 54.4 Å². The van der Waals surface area contributed by atoms with Gasteiger partial charge in [-0.2, -0.15) is 0 Å². The van der Waals surface area contributed by atoms with Gasteiger partial charge in [0.15, 0.2) is 0 Å². The predicted octanol–water partition coefficient (Wildman–Crippen LogP) is 3.03. The summed E-state index contributed by atoms with van der Waals surface area (Å²) in [5, 5.41) is 12.1. The number of hydrogen-bond acceptors (Lipinski definition) is 4. The molecule has 1 heterocycles. The summed E-state index contributed by atoms with van der Waals surface area (Å²) in [5.74, 6) is -0.152. The molecule has 0 spiro atoms. The third-order valence-corrected chi connectivity index (χ3v) is 5.80. The second-order valence-electron chi connectivity index (χ2n) is 7.65. The van der Waals surface area contributed by atoms with E-state index in [1.165, 1.54) is 0 Å². The van der Waals surface area contributed by atoms with Crippen molar-refractivity contribution in [2.45, 2.75) is 57.3 Å². The lowest BCUT2D eigenvalue weighted by atomic mass is 9.86. The summed E-state index contributed by atoms with van der Waals surface area (Å²) in [5.41, 5.74) is 1.03. The van der Waals surface area contributed by atoms with Crippen molar-refractivity contribution >= 4 is 12.0 Å². The van der Waals surface area contributed by atoms with E-state index in [4.69, 9.17) is 14.6 Å². The molecule has 0 bridgehead atoms. The zero-order valence-electron chi connectivity index (χ0n) is 16.4. The van der Waals surface area contributed by atoms with E-state index in [1.54, 1.807) is 7.11 Å². The zero-order valence-corrected chi connectivity index (χ0v) is 16.4. The number of aliphatic carboxylic acids is 1. The number of likely N-dealkylation sites (tertiary alicyclic amines) is 1. The number of carbonyl (C=O) groups is 2. The van der Waals surface area contributed by atoms with Crippen molar-refractivity contribution in [1.82, 2.24) is 10.2 Å². The van der Waals surface area contributed by atoms with Gasteiger partial charge in [0.25, 0.3) is 0 Å². The van der Waals surface area contributed by atoms with E-state index in [0.717, 1.165) is 37.0 Å². The Balaban J connectivity index is 1.38. The predicted molar refractivity (Wildman–Crippen MR) is 104 cm³/mol. The quantitative estimate of drug-likeness (QED) is 0.779. The fourth-order valence-corrected chi connectivity index (χ4v) is 4.01. The fraction of sp³-hybridized carbons (Fsp3) is 0.619. The van der Waals surface area contributed by atoms with Crippen LogP contribution in [-0.2, 0) is 16.1 Å². The number of piperidine rings is 1. The Hall–Kier alpha value is -2.28. The van der Waals surface area contributed by atoms with Gasteiger partial charge in [0, 0.05) is 24.7 Å². The molecule has 154 valence electrons. The molecule has 0 radical (unpaired) electrons. The van der Waals surface area contributed by atoms with Crippen LogP contribution in [0.15, 0.2) is 24.3 Å². The number of nitrogens with one attached hydrogen (secondary N) is 1. The number of nitrogens with zero attached hydrogens (tertiary/aromatic N) is 1. The normalized spacial score (nSPS) is 23.2. The van der Waals surface area contributed by atoms with Gasteiger partial charge < -0.3 is 24.8 Å². The minimum Gasteiger partial charge on any atom is -0.496 e. The van der Waals surface area contributed by atoms with Gasteiger partial charge >= 0.3 is 12.0 Å². The molecule has 0 unspecified atom stereocenters. The maximum absolute atomic E-state index is 12.5. The number of amides is 2. The Kier molecular flexibility index (Phi) is 7.14. The number of carboxylic acid groups (broad SMARTS) is 1. The molecule has 1 aromatic carbocycles. The molecule has 1 saturated heterocycles. The summed E-state index contributed by atoms with van der Waals surface area (Å²) >= 11 is 0. The highest BCUT2D eigenvalue weighted by Gasteiger charge is 2.29. The van der Waals surface area contributed by atoms with E-state index in [9.17, 15) is 9.59 Å². The van der Waals surface area contributed by atoms with Gasteiger partial charge in [-0.25, -0.2) is 4.79 Å². The van der Waals surface area contributed by atoms with Crippen LogP contribution in [0.4, 0.5) is 4.79 Å². The minimum absolute atomic E-state index is 0.0399. The Labute approximate surface area is 166 Å². The number of carboxylic acids is 1. The lowest BCUT2D eigenvalue weighted by Gasteiger charge is -2.34. The first-order valence-corrected chi connectivity index (χ1v) is 10.1. The average Bonchev–Trinajstić information content (AvgIpc) is 2.73. The Morgan fingerprint density at radius 3 is 2.43 bits per heavy atom. The molecule has 2 aliphatic rings. The molecule has 7 nitrogen and oxygen atoms in total. The van der Waals surface area contributed by atoms with Crippen LogP contribution in [0.2, 0.25) is 0 Å². The molecule has 7 heteroatoms. The van der Waals surface area contributed by atoms with E-state index >= 15 is 0 Å². The molecule has 2 N–H and O–H groups in total. The van der Waals surface area contributed by atoms with Crippen molar-refractivity contribution < 1.29 is 24.2 Å². The van der Waals surface area contributed by atoms with Crippen molar-refractivity contribution in [3.63, 3.8) is 0 Å². The van der Waals surface area contributed by atoms with Crippen molar-refractivity contribution in [2.24, 2.45) is 5.92 Å². The van der Waals surface area contributed by atoms with Crippen LogP contribution in [0.5, 0.6) is 5.75 Å². The largest absolute Gasteiger partial charge is 0.496 e. The number of benzene rings is 1. The highest BCUT2D eigenvalue weighted by molar-refractivity contribution is 5.74. The summed E-state index contributed by atoms with van der Waals surface area (Å²) in [6.07, 6.45) is 4.52. The first-order chi connectivity index (χ1) is 13.6. The molecule has 2 amide bonds. The molecule has 0 aromatic heterocycles. The van der Waals surface area contributed by atoms with Crippen molar-refractivity contribution in [3.05, 3.63) is 29.8 Å². The van der Waals surface area contributed by atoms with Gasteiger partial charge in [0.05, 0.1) is 25.7 Å². The number of rotatable bonds is 6. The van der Waals surface area contributed by atoms with Crippen LogP contribution in [0.25, 0.3) is 0 Å². The van der Waals surface area contributed by atoms with Crippen molar-refractivity contribution in [1.29, 1.82) is 0 Å². The molecular formula is C21H30N2O5.